The van der Waals surface area contributed by atoms with Crippen molar-refractivity contribution < 1.29 is 23.8 Å². The number of piperidine rings is 1. The van der Waals surface area contributed by atoms with Gasteiger partial charge in [-0.05, 0) is 105 Å². The van der Waals surface area contributed by atoms with Gasteiger partial charge in [0.1, 0.15) is 17.2 Å². The Morgan fingerprint density at radius 3 is 2.45 bits per heavy atom. The summed E-state index contributed by atoms with van der Waals surface area (Å²) in [6.45, 7) is 5.07. The monoisotopic (exact) mass is 459 g/mol. The molecular weight excluding hydrogens is 424 g/mol. The summed E-state index contributed by atoms with van der Waals surface area (Å²) < 4.78 is 29.1. The molecule has 4 unspecified atom stereocenters. The molecule has 1 heterocycles. The third-order valence-corrected chi connectivity index (χ3v) is 10.8. The third-order valence-electron chi connectivity index (χ3n) is 10.8. The summed E-state index contributed by atoms with van der Waals surface area (Å²) in [6, 6.07) is 3.64. The molecule has 1 saturated heterocycles. The second-order valence-corrected chi connectivity index (χ2v) is 12.2. The van der Waals surface area contributed by atoms with Crippen LogP contribution in [0.5, 0.6) is 0 Å². The fraction of sp³-hybridized carbons (Fsp3) is 0.741. The quantitative estimate of drug-likeness (QED) is 0.655. The van der Waals surface area contributed by atoms with E-state index in [1.807, 2.05) is 4.90 Å². The van der Waals surface area contributed by atoms with Crippen LogP contribution in [-0.2, 0) is 0 Å². The van der Waals surface area contributed by atoms with Gasteiger partial charge in [-0.2, -0.15) is 0 Å². The van der Waals surface area contributed by atoms with Gasteiger partial charge in [-0.15, -0.1) is 0 Å². The Labute approximate surface area is 194 Å². The molecule has 4 saturated carbocycles. The van der Waals surface area contributed by atoms with E-state index < -0.39 is 40.9 Å². The van der Waals surface area contributed by atoms with E-state index in [0.29, 0.717) is 42.6 Å². The van der Waals surface area contributed by atoms with Crippen molar-refractivity contribution in [1.82, 2.24) is 4.90 Å². The van der Waals surface area contributed by atoms with Crippen LogP contribution in [-0.4, -0.2) is 45.3 Å². The molecule has 4 aliphatic carbocycles. The molecule has 4 nitrogen and oxygen atoms in total. The first kappa shape index (κ1) is 22.0. The fourth-order valence-electron chi connectivity index (χ4n) is 9.16. The number of fused-ring (bicyclic) bond motifs is 7. The molecule has 2 N–H and O–H groups in total. The highest BCUT2D eigenvalue weighted by molar-refractivity contribution is 5.95. The summed E-state index contributed by atoms with van der Waals surface area (Å²) >= 11 is 0. The van der Waals surface area contributed by atoms with Gasteiger partial charge < -0.3 is 15.1 Å². The number of benzene rings is 1. The smallest absolute Gasteiger partial charge is 0.260 e. The van der Waals surface area contributed by atoms with Crippen LogP contribution in [0.2, 0.25) is 0 Å². The number of carbonyl (C=O) groups excluding carboxylic acids is 1. The lowest BCUT2D eigenvalue weighted by Gasteiger charge is -2.64. The van der Waals surface area contributed by atoms with Crippen LogP contribution in [0.3, 0.4) is 0 Å². The minimum absolute atomic E-state index is 0.00277. The van der Waals surface area contributed by atoms with Crippen molar-refractivity contribution in [3.8, 4) is 0 Å². The summed E-state index contributed by atoms with van der Waals surface area (Å²) in [5.41, 5.74) is -0.823. The average molecular weight is 460 g/mol. The number of hydrogen-bond donors (Lipinski definition) is 2. The Balaban J connectivity index is 1.35. The second kappa shape index (κ2) is 7.24. The van der Waals surface area contributed by atoms with Crippen LogP contribution in [0.4, 0.5) is 8.78 Å². The molecule has 0 bridgehead atoms. The first-order chi connectivity index (χ1) is 15.7. The zero-order chi connectivity index (χ0) is 23.3. The van der Waals surface area contributed by atoms with Crippen LogP contribution in [0.1, 0.15) is 69.2 Å². The van der Waals surface area contributed by atoms with Gasteiger partial charge in [-0.1, -0.05) is 13.0 Å². The number of rotatable bonds is 1. The number of nitrogens with zero attached hydrogens (tertiary/aromatic N) is 1. The molecule has 1 aromatic rings. The highest BCUT2D eigenvalue weighted by Crippen LogP contribution is 2.68. The highest BCUT2D eigenvalue weighted by Gasteiger charge is 2.67. The van der Waals surface area contributed by atoms with Gasteiger partial charge in [0.2, 0.25) is 0 Å². The summed E-state index contributed by atoms with van der Waals surface area (Å²) in [4.78, 5) is 15.4. The van der Waals surface area contributed by atoms with Crippen LogP contribution < -0.4 is 0 Å². The number of carbonyl (C=O) groups is 1. The van der Waals surface area contributed by atoms with E-state index in [-0.39, 0.29) is 11.3 Å². The lowest BCUT2D eigenvalue weighted by Crippen LogP contribution is -2.66. The maximum atomic E-state index is 14.6. The number of hydrogen-bond acceptors (Lipinski definition) is 3. The predicted molar refractivity (Wildman–Crippen MR) is 119 cm³/mol. The predicted octanol–water partition coefficient (Wildman–Crippen LogP) is 4.39. The normalized spacial score (nSPS) is 48.2. The molecule has 0 spiro atoms. The number of likely N-dealkylation sites (tertiary alicyclic amines) is 1. The van der Waals surface area contributed by atoms with Crippen LogP contribution >= 0.6 is 0 Å². The Bertz CT molecular complexity index is 966. The SMILES string of the molecule is C[C@]12CC[C@H](O)C(O)C1CC[C@@H]1C2CC[C@@]2(C)C1[C@@H]1C[C@@H]1CN2C(=O)c1c(F)cccc1F. The molecule has 180 valence electrons. The van der Waals surface area contributed by atoms with Crippen molar-refractivity contribution in [1.29, 1.82) is 0 Å². The van der Waals surface area contributed by atoms with Crippen molar-refractivity contribution in [2.75, 3.05) is 6.54 Å². The van der Waals surface area contributed by atoms with Crippen molar-refractivity contribution >= 4 is 5.91 Å². The van der Waals surface area contributed by atoms with Gasteiger partial charge in [0.25, 0.3) is 5.91 Å². The van der Waals surface area contributed by atoms with E-state index >= 15 is 0 Å². The largest absolute Gasteiger partial charge is 0.390 e. The van der Waals surface area contributed by atoms with E-state index in [2.05, 4.69) is 13.8 Å². The molecular formula is C27H35F2NO3. The molecule has 1 amide bonds. The van der Waals surface area contributed by atoms with Crippen molar-refractivity contribution in [2.45, 2.75) is 76.5 Å². The van der Waals surface area contributed by atoms with Gasteiger partial charge in [0.15, 0.2) is 0 Å². The van der Waals surface area contributed by atoms with Crippen LogP contribution in [0.15, 0.2) is 18.2 Å². The standard InChI is InChI=1S/C27H35F2NO3/c1-26-10-9-21(31)24(32)18(26)7-6-15-17(26)8-11-27(2)23(15)16-12-14(16)13-30(27)25(33)22-19(28)4-3-5-20(22)29/h3-5,14-18,21,23-24,31-32H,6-13H2,1-2H3/t14-,15-,16-,17?,18?,21+,23?,24?,26-,27+/m1/s1. The van der Waals surface area contributed by atoms with Gasteiger partial charge in [-0.25, -0.2) is 8.78 Å². The maximum Gasteiger partial charge on any atom is 0.260 e. The van der Waals surface area contributed by atoms with E-state index in [0.717, 1.165) is 38.5 Å². The Morgan fingerprint density at radius 1 is 1.00 bits per heavy atom. The van der Waals surface area contributed by atoms with E-state index in [1.54, 1.807) is 0 Å². The number of aliphatic hydroxyl groups excluding tert-OH is 2. The van der Waals surface area contributed by atoms with E-state index in [1.165, 1.54) is 18.2 Å². The van der Waals surface area contributed by atoms with Gasteiger partial charge in [0, 0.05) is 12.1 Å². The summed E-state index contributed by atoms with van der Waals surface area (Å²) in [5, 5.41) is 21.1. The molecule has 10 atom stereocenters. The molecule has 1 aromatic carbocycles. The zero-order valence-corrected chi connectivity index (χ0v) is 19.5. The van der Waals surface area contributed by atoms with Gasteiger partial charge >= 0.3 is 0 Å². The van der Waals surface area contributed by atoms with E-state index in [4.69, 9.17) is 0 Å². The molecule has 0 radical (unpaired) electrons. The summed E-state index contributed by atoms with van der Waals surface area (Å²) in [7, 11) is 0. The molecule has 6 rings (SSSR count). The van der Waals surface area contributed by atoms with Gasteiger partial charge in [-0.3, -0.25) is 4.79 Å². The molecule has 5 fully saturated rings. The minimum Gasteiger partial charge on any atom is -0.390 e. The fourth-order valence-corrected chi connectivity index (χ4v) is 9.16. The molecule has 0 aromatic heterocycles. The Morgan fingerprint density at radius 2 is 1.73 bits per heavy atom. The first-order valence-electron chi connectivity index (χ1n) is 12.8. The topological polar surface area (TPSA) is 60.8 Å². The molecule has 33 heavy (non-hydrogen) atoms. The number of aliphatic hydroxyl groups is 2. The van der Waals surface area contributed by atoms with Gasteiger partial charge in [0.05, 0.1) is 12.2 Å². The Hall–Kier alpha value is -1.53. The summed E-state index contributed by atoms with van der Waals surface area (Å²) in [5.74, 6) is 0.288. The van der Waals surface area contributed by atoms with E-state index in [9.17, 15) is 23.8 Å². The highest BCUT2D eigenvalue weighted by atomic mass is 19.1. The number of halogens is 2. The van der Waals surface area contributed by atoms with Crippen LogP contribution in [0, 0.1) is 52.6 Å². The average Bonchev–Trinajstić information content (AvgIpc) is 3.54. The van der Waals surface area contributed by atoms with Crippen LogP contribution in [0.25, 0.3) is 0 Å². The zero-order valence-electron chi connectivity index (χ0n) is 19.5. The lowest BCUT2D eigenvalue weighted by molar-refractivity contribution is -0.182. The Kier molecular flexibility index (Phi) is 4.82. The third kappa shape index (κ3) is 2.95. The maximum absolute atomic E-state index is 14.6. The van der Waals surface area contributed by atoms with Crippen molar-refractivity contribution in [2.24, 2.45) is 40.9 Å². The minimum atomic E-state index is -0.783. The summed E-state index contributed by atoms with van der Waals surface area (Å²) in [6.07, 6.45) is 5.05. The van der Waals surface area contributed by atoms with Crippen molar-refractivity contribution in [3.05, 3.63) is 35.4 Å². The van der Waals surface area contributed by atoms with Crippen molar-refractivity contribution in [3.63, 3.8) is 0 Å². The first-order valence-corrected chi connectivity index (χ1v) is 12.8. The lowest BCUT2D eigenvalue weighted by atomic mass is 9.44. The second-order valence-electron chi connectivity index (χ2n) is 12.2. The molecule has 1 aliphatic heterocycles. The molecule has 6 heteroatoms. The number of amides is 1. The molecule has 5 aliphatic rings.